The van der Waals surface area contributed by atoms with Crippen molar-refractivity contribution in [1.29, 1.82) is 0 Å². The van der Waals surface area contributed by atoms with Crippen LogP contribution in [-0.4, -0.2) is 20.9 Å². The molecule has 0 amide bonds. The minimum Gasteiger partial charge on any atom is -0.478 e. The molecule has 0 radical (unpaired) electrons. The summed E-state index contributed by atoms with van der Waals surface area (Å²) in [6.45, 7) is 0. The van der Waals surface area contributed by atoms with Gasteiger partial charge in [0.25, 0.3) is 6.43 Å². The Morgan fingerprint density at radius 1 is 1.44 bits per heavy atom. The first-order valence-electron chi connectivity index (χ1n) is 5.60. The van der Waals surface area contributed by atoms with Gasteiger partial charge in [-0.1, -0.05) is 0 Å². The average Bonchev–Trinajstić information content (AvgIpc) is 3.07. The van der Waals surface area contributed by atoms with E-state index in [-0.39, 0.29) is 17.2 Å². The van der Waals surface area contributed by atoms with Gasteiger partial charge in [-0.3, -0.25) is 4.68 Å². The van der Waals surface area contributed by atoms with Crippen molar-refractivity contribution in [3.8, 4) is 0 Å². The Hall–Kier alpha value is -1.98. The maximum atomic E-state index is 12.8. The molecule has 4 nitrogen and oxygen atoms in total. The highest BCUT2D eigenvalue weighted by atomic mass is 19.3. The van der Waals surface area contributed by atoms with E-state index in [0.29, 0.717) is 10.9 Å². The van der Waals surface area contributed by atoms with Gasteiger partial charge in [0.05, 0.1) is 23.3 Å². The summed E-state index contributed by atoms with van der Waals surface area (Å²) in [5.41, 5.74) is 0.0877. The molecule has 6 heteroatoms. The summed E-state index contributed by atoms with van der Waals surface area (Å²) in [4.78, 5) is 11.1. The first-order valence-corrected chi connectivity index (χ1v) is 5.60. The number of aromatic carboxylic acids is 1. The Morgan fingerprint density at radius 3 is 2.72 bits per heavy atom. The van der Waals surface area contributed by atoms with E-state index < -0.39 is 12.4 Å². The van der Waals surface area contributed by atoms with E-state index >= 15 is 0 Å². The number of carboxylic acid groups (broad SMARTS) is 1. The second-order valence-electron chi connectivity index (χ2n) is 4.43. The van der Waals surface area contributed by atoms with E-state index in [9.17, 15) is 13.6 Å². The minimum absolute atomic E-state index is 0.116. The SMILES string of the molecule is O=C(O)c1cc(C(F)F)cc2c1cnn2C1CC1. The maximum absolute atomic E-state index is 12.8. The van der Waals surface area contributed by atoms with Crippen LogP contribution < -0.4 is 0 Å². The normalized spacial score (nSPS) is 15.5. The van der Waals surface area contributed by atoms with Gasteiger partial charge in [0.2, 0.25) is 0 Å². The van der Waals surface area contributed by atoms with E-state index in [1.54, 1.807) is 4.68 Å². The van der Waals surface area contributed by atoms with Crippen molar-refractivity contribution in [3.63, 3.8) is 0 Å². The molecule has 1 N–H and O–H groups in total. The van der Waals surface area contributed by atoms with E-state index in [2.05, 4.69) is 5.10 Å². The molecule has 0 saturated heterocycles. The fourth-order valence-corrected chi connectivity index (χ4v) is 2.08. The van der Waals surface area contributed by atoms with Crippen molar-refractivity contribution in [2.75, 3.05) is 0 Å². The van der Waals surface area contributed by atoms with Gasteiger partial charge in [0, 0.05) is 10.9 Å². The molecule has 0 bridgehead atoms. The lowest BCUT2D eigenvalue weighted by Gasteiger charge is -2.06. The van der Waals surface area contributed by atoms with Gasteiger partial charge < -0.3 is 5.11 Å². The number of hydrogen-bond donors (Lipinski definition) is 1. The standard InChI is InChI=1S/C12H10F2N2O2/c13-11(14)6-3-8(12(17)18)9-5-15-16(7-1-2-7)10(9)4-6/h3-5,7,11H,1-2H2,(H,17,18). The van der Waals surface area contributed by atoms with Crippen molar-refractivity contribution in [2.45, 2.75) is 25.3 Å². The van der Waals surface area contributed by atoms with E-state index in [4.69, 9.17) is 5.11 Å². The highest BCUT2D eigenvalue weighted by Gasteiger charge is 2.27. The van der Waals surface area contributed by atoms with E-state index in [0.717, 1.165) is 18.9 Å². The zero-order valence-electron chi connectivity index (χ0n) is 9.31. The lowest BCUT2D eigenvalue weighted by atomic mass is 10.1. The summed E-state index contributed by atoms with van der Waals surface area (Å²) in [7, 11) is 0. The van der Waals surface area contributed by atoms with Crippen LogP contribution in [0.25, 0.3) is 10.9 Å². The molecule has 18 heavy (non-hydrogen) atoms. The molecule has 1 aromatic carbocycles. The summed E-state index contributed by atoms with van der Waals surface area (Å²) in [6, 6.07) is 2.57. The highest BCUT2D eigenvalue weighted by molar-refractivity contribution is 6.03. The monoisotopic (exact) mass is 252 g/mol. The van der Waals surface area contributed by atoms with Gasteiger partial charge in [0.1, 0.15) is 0 Å². The van der Waals surface area contributed by atoms with Crippen LogP contribution >= 0.6 is 0 Å². The Labute approximate surface area is 101 Å². The number of carbonyl (C=O) groups is 1. The Bertz CT molecular complexity index is 632. The van der Waals surface area contributed by atoms with Gasteiger partial charge >= 0.3 is 5.97 Å². The fourth-order valence-electron chi connectivity index (χ4n) is 2.08. The smallest absolute Gasteiger partial charge is 0.336 e. The number of halogens is 2. The number of fused-ring (bicyclic) bond motifs is 1. The zero-order valence-corrected chi connectivity index (χ0v) is 9.31. The molecule has 3 rings (SSSR count). The Morgan fingerprint density at radius 2 is 2.17 bits per heavy atom. The van der Waals surface area contributed by atoms with Crippen molar-refractivity contribution in [1.82, 2.24) is 9.78 Å². The molecule has 0 aliphatic heterocycles. The van der Waals surface area contributed by atoms with Crippen LogP contribution in [0, 0.1) is 0 Å². The highest BCUT2D eigenvalue weighted by Crippen LogP contribution is 2.38. The average molecular weight is 252 g/mol. The van der Waals surface area contributed by atoms with Crippen LogP contribution in [0.4, 0.5) is 8.78 Å². The van der Waals surface area contributed by atoms with Crippen molar-refractivity contribution in [3.05, 3.63) is 29.5 Å². The molecule has 1 fully saturated rings. The summed E-state index contributed by atoms with van der Waals surface area (Å²) in [5.74, 6) is -1.21. The molecule has 1 aromatic heterocycles. The van der Waals surface area contributed by atoms with E-state index in [1.165, 1.54) is 12.3 Å². The second kappa shape index (κ2) is 3.76. The third kappa shape index (κ3) is 1.64. The molecular weight excluding hydrogens is 242 g/mol. The number of alkyl halides is 2. The number of benzene rings is 1. The number of hydrogen-bond acceptors (Lipinski definition) is 2. The number of carboxylic acids is 1. The van der Waals surface area contributed by atoms with Gasteiger partial charge in [-0.15, -0.1) is 0 Å². The predicted octanol–water partition coefficient (Wildman–Crippen LogP) is 3.01. The van der Waals surface area contributed by atoms with Crippen molar-refractivity contribution >= 4 is 16.9 Å². The minimum atomic E-state index is -2.69. The number of rotatable bonds is 3. The van der Waals surface area contributed by atoms with Crippen molar-refractivity contribution in [2.24, 2.45) is 0 Å². The molecule has 1 aliphatic carbocycles. The lowest BCUT2D eigenvalue weighted by Crippen LogP contribution is -2.01. The molecule has 0 spiro atoms. The molecule has 94 valence electrons. The van der Waals surface area contributed by atoms with Crippen molar-refractivity contribution < 1.29 is 18.7 Å². The third-order valence-electron chi connectivity index (χ3n) is 3.11. The first-order chi connectivity index (χ1) is 8.58. The summed E-state index contributed by atoms with van der Waals surface area (Å²) in [5, 5.41) is 13.6. The van der Waals surface area contributed by atoms with E-state index in [1.807, 2.05) is 0 Å². The summed E-state index contributed by atoms with van der Waals surface area (Å²) in [6.07, 6.45) is 0.665. The molecular formula is C12H10F2N2O2. The van der Waals surface area contributed by atoms with Crippen LogP contribution in [-0.2, 0) is 0 Å². The quantitative estimate of drug-likeness (QED) is 0.913. The molecule has 0 unspecified atom stereocenters. The van der Waals surface area contributed by atoms with Crippen LogP contribution in [0.1, 0.15) is 41.2 Å². The lowest BCUT2D eigenvalue weighted by molar-refractivity contribution is 0.0698. The first kappa shape index (κ1) is 11.1. The van der Waals surface area contributed by atoms with Crippen LogP contribution in [0.2, 0.25) is 0 Å². The molecule has 1 heterocycles. The number of aromatic nitrogens is 2. The van der Waals surface area contributed by atoms with Gasteiger partial charge in [-0.25, -0.2) is 13.6 Å². The topological polar surface area (TPSA) is 55.1 Å². The maximum Gasteiger partial charge on any atom is 0.336 e. The zero-order chi connectivity index (χ0) is 12.9. The Kier molecular flexibility index (Phi) is 2.33. The molecule has 1 saturated carbocycles. The molecule has 2 aromatic rings. The van der Waals surface area contributed by atoms with Crippen LogP contribution in [0.3, 0.4) is 0 Å². The largest absolute Gasteiger partial charge is 0.478 e. The van der Waals surface area contributed by atoms with Crippen LogP contribution in [0.5, 0.6) is 0 Å². The number of nitrogens with zero attached hydrogens (tertiary/aromatic N) is 2. The fraction of sp³-hybridized carbons (Fsp3) is 0.333. The third-order valence-corrected chi connectivity index (χ3v) is 3.11. The Balaban J connectivity index is 2.28. The molecule has 1 aliphatic rings. The summed E-state index contributed by atoms with van der Waals surface area (Å²) < 4.78 is 27.2. The van der Waals surface area contributed by atoms with Crippen LogP contribution in [0.15, 0.2) is 18.3 Å². The van der Waals surface area contributed by atoms with Gasteiger partial charge in [-0.2, -0.15) is 5.10 Å². The van der Waals surface area contributed by atoms with Gasteiger partial charge in [0.15, 0.2) is 0 Å². The molecule has 0 atom stereocenters. The summed E-state index contributed by atoms with van der Waals surface area (Å²) >= 11 is 0. The van der Waals surface area contributed by atoms with Gasteiger partial charge in [-0.05, 0) is 25.0 Å². The predicted molar refractivity (Wildman–Crippen MR) is 59.9 cm³/mol. The second-order valence-corrected chi connectivity index (χ2v) is 4.43.